The molecule has 0 fully saturated rings. The average molecular weight is 639 g/mol. The lowest BCUT2D eigenvalue weighted by atomic mass is 10.1. The summed E-state index contributed by atoms with van der Waals surface area (Å²) in [6.07, 6.45) is 0.261. The van der Waals surface area contributed by atoms with Gasteiger partial charge in [-0.2, -0.15) is 0 Å². The highest BCUT2D eigenvalue weighted by molar-refractivity contribution is 7.92. The normalized spacial score (nSPS) is 12.5. The first kappa shape index (κ1) is 32.7. The molecule has 0 aliphatic carbocycles. The van der Waals surface area contributed by atoms with Crippen LogP contribution in [-0.4, -0.2) is 43.3 Å². The lowest BCUT2D eigenvalue weighted by Gasteiger charge is -2.35. The Morgan fingerprint density at radius 1 is 0.902 bits per heavy atom. The van der Waals surface area contributed by atoms with Crippen LogP contribution in [-0.2, 0) is 26.2 Å². The average Bonchev–Trinajstić information content (AvgIpc) is 2.89. The number of amides is 2. The quantitative estimate of drug-likeness (QED) is 0.263. The Morgan fingerprint density at radius 2 is 1.51 bits per heavy atom. The minimum Gasteiger partial charge on any atom is -0.350 e. The number of sulfonamides is 1. The molecule has 0 spiro atoms. The van der Waals surface area contributed by atoms with Gasteiger partial charge in [0.1, 0.15) is 12.6 Å². The maximum atomic E-state index is 14.2. The number of nitrogens with zero attached hydrogens (tertiary/aromatic N) is 2. The minimum atomic E-state index is -4.21. The summed E-state index contributed by atoms with van der Waals surface area (Å²) in [6.45, 7) is 8.37. The molecular weight excluding hydrogens is 605 g/mol. The monoisotopic (exact) mass is 637 g/mol. The molecule has 0 saturated heterocycles. The maximum Gasteiger partial charge on any atom is 0.264 e. The van der Waals surface area contributed by atoms with E-state index in [4.69, 9.17) is 34.8 Å². The number of carbonyl (C=O) groups is 2. The van der Waals surface area contributed by atoms with E-state index >= 15 is 0 Å². The van der Waals surface area contributed by atoms with E-state index in [-0.39, 0.29) is 29.5 Å². The Labute approximate surface area is 257 Å². The van der Waals surface area contributed by atoms with Crippen LogP contribution < -0.4 is 9.62 Å². The van der Waals surface area contributed by atoms with Crippen molar-refractivity contribution in [1.29, 1.82) is 0 Å². The van der Waals surface area contributed by atoms with Gasteiger partial charge < -0.3 is 10.2 Å². The van der Waals surface area contributed by atoms with E-state index in [9.17, 15) is 18.0 Å². The van der Waals surface area contributed by atoms with Gasteiger partial charge in [0, 0.05) is 32.7 Å². The number of rotatable bonds is 10. The number of benzene rings is 3. The lowest BCUT2D eigenvalue weighted by molar-refractivity contribution is -0.141. The molecule has 0 aliphatic heterocycles. The standard InChI is InChI=1S/C30H34Cl3N3O4S/c1-6-27(29(38)34-30(3,4)5)35(18-23-24(31)13-10-14-25(23)32)28(37)19-36(21-16-15-20(2)26(33)17-21)41(39,40)22-11-8-7-9-12-22/h7-17,27H,6,18-19H2,1-5H3,(H,34,38). The van der Waals surface area contributed by atoms with Crippen LogP contribution in [0, 0.1) is 6.92 Å². The van der Waals surface area contributed by atoms with E-state index in [2.05, 4.69) is 5.32 Å². The molecule has 0 radical (unpaired) electrons. The van der Waals surface area contributed by atoms with Crippen LogP contribution in [0.2, 0.25) is 15.1 Å². The lowest BCUT2D eigenvalue weighted by Crippen LogP contribution is -2.55. The third-order valence-electron chi connectivity index (χ3n) is 6.33. The number of anilines is 1. The molecule has 0 heterocycles. The molecule has 1 unspecified atom stereocenters. The van der Waals surface area contributed by atoms with E-state index in [1.165, 1.54) is 23.1 Å². The highest BCUT2D eigenvalue weighted by atomic mass is 35.5. The molecule has 2 amide bonds. The van der Waals surface area contributed by atoms with E-state index < -0.39 is 34.1 Å². The summed E-state index contributed by atoms with van der Waals surface area (Å²) in [5.74, 6) is -1.000. The third kappa shape index (κ3) is 8.16. The first-order chi connectivity index (χ1) is 19.2. The van der Waals surface area contributed by atoms with E-state index in [1.807, 2.05) is 20.8 Å². The predicted molar refractivity (Wildman–Crippen MR) is 166 cm³/mol. The molecule has 0 saturated carbocycles. The number of nitrogens with one attached hydrogen (secondary N) is 1. The number of hydrogen-bond donors (Lipinski definition) is 1. The van der Waals surface area contributed by atoms with Gasteiger partial charge >= 0.3 is 0 Å². The Bertz CT molecular complexity index is 1490. The van der Waals surface area contributed by atoms with Crippen molar-refractivity contribution in [2.24, 2.45) is 0 Å². The second kappa shape index (κ2) is 13.5. The predicted octanol–water partition coefficient (Wildman–Crippen LogP) is 6.87. The summed E-state index contributed by atoms with van der Waals surface area (Å²) in [5.41, 5.74) is 0.837. The van der Waals surface area contributed by atoms with Crippen molar-refractivity contribution in [2.75, 3.05) is 10.8 Å². The van der Waals surface area contributed by atoms with Gasteiger partial charge in [-0.25, -0.2) is 8.42 Å². The number of halogens is 3. The minimum absolute atomic E-state index is 0.00251. The molecular formula is C30H34Cl3N3O4S. The van der Waals surface area contributed by atoms with Crippen molar-refractivity contribution in [3.63, 3.8) is 0 Å². The second-order valence-corrected chi connectivity index (χ2v) is 13.7. The smallest absolute Gasteiger partial charge is 0.264 e. The Morgan fingerprint density at radius 3 is 2.05 bits per heavy atom. The summed E-state index contributed by atoms with van der Waals surface area (Å²) in [5, 5.41) is 3.91. The van der Waals surface area contributed by atoms with Crippen LogP contribution in [0.15, 0.2) is 71.6 Å². The van der Waals surface area contributed by atoms with E-state index in [0.29, 0.717) is 20.6 Å². The van der Waals surface area contributed by atoms with Crippen LogP contribution in [0.1, 0.15) is 45.2 Å². The molecule has 3 rings (SSSR count). The van der Waals surface area contributed by atoms with Crippen molar-refractivity contribution in [2.45, 2.75) is 64.1 Å². The number of hydrogen-bond acceptors (Lipinski definition) is 4. The molecule has 0 bridgehead atoms. The van der Waals surface area contributed by atoms with Crippen molar-refractivity contribution in [1.82, 2.24) is 10.2 Å². The van der Waals surface area contributed by atoms with Gasteiger partial charge in [0.05, 0.1) is 10.6 Å². The van der Waals surface area contributed by atoms with E-state index in [1.54, 1.807) is 62.4 Å². The first-order valence-electron chi connectivity index (χ1n) is 13.0. The Balaban J connectivity index is 2.13. The van der Waals surface area contributed by atoms with Gasteiger partial charge in [-0.05, 0) is 76.1 Å². The van der Waals surface area contributed by atoms with E-state index in [0.717, 1.165) is 9.87 Å². The molecule has 1 N–H and O–H groups in total. The Hall–Kier alpha value is -2.78. The molecule has 0 aliphatic rings. The topological polar surface area (TPSA) is 86.8 Å². The first-order valence-corrected chi connectivity index (χ1v) is 15.6. The molecule has 220 valence electrons. The second-order valence-electron chi connectivity index (χ2n) is 10.6. The SMILES string of the molecule is CCC(C(=O)NC(C)(C)C)N(Cc1c(Cl)cccc1Cl)C(=O)CN(c1ccc(C)c(Cl)c1)S(=O)(=O)c1ccccc1. The van der Waals surface area contributed by atoms with Crippen LogP contribution >= 0.6 is 34.8 Å². The van der Waals surface area contributed by atoms with Crippen molar-refractivity contribution >= 4 is 62.3 Å². The fraction of sp³-hybridized carbons (Fsp3) is 0.333. The zero-order valence-electron chi connectivity index (χ0n) is 23.6. The molecule has 0 aromatic heterocycles. The maximum absolute atomic E-state index is 14.2. The zero-order valence-corrected chi connectivity index (χ0v) is 26.7. The molecule has 41 heavy (non-hydrogen) atoms. The van der Waals surface area contributed by atoms with Crippen LogP contribution in [0.4, 0.5) is 5.69 Å². The zero-order chi connectivity index (χ0) is 30.5. The van der Waals surface area contributed by atoms with Crippen LogP contribution in [0.25, 0.3) is 0 Å². The fourth-order valence-electron chi connectivity index (χ4n) is 4.21. The molecule has 3 aromatic carbocycles. The molecule has 11 heteroatoms. The van der Waals surface area contributed by atoms with Gasteiger partial charge in [-0.3, -0.25) is 13.9 Å². The Kier molecular flexibility index (Phi) is 10.7. The number of aryl methyl sites for hydroxylation is 1. The molecule has 1 atom stereocenters. The number of carbonyl (C=O) groups excluding carboxylic acids is 2. The van der Waals surface area contributed by atoms with Crippen LogP contribution in [0.3, 0.4) is 0 Å². The van der Waals surface area contributed by atoms with Gasteiger partial charge in [-0.15, -0.1) is 0 Å². The molecule has 7 nitrogen and oxygen atoms in total. The summed E-state index contributed by atoms with van der Waals surface area (Å²) >= 11 is 19.3. The van der Waals surface area contributed by atoms with Gasteiger partial charge in [0.25, 0.3) is 10.0 Å². The highest BCUT2D eigenvalue weighted by Gasteiger charge is 2.35. The largest absolute Gasteiger partial charge is 0.350 e. The van der Waals surface area contributed by atoms with Crippen LogP contribution in [0.5, 0.6) is 0 Å². The highest BCUT2D eigenvalue weighted by Crippen LogP contribution is 2.30. The summed E-state index contributed by atoms with van der Waals surface area (Å²) in [6, 6.07) is 16.6. The van der Waals surface area contributed by atoms with Gasteiger partial charge in [-0.1, -0.05) is 72.1 Å². The summed E-state index contributed by atoms with van der Waals surface area (Å²) in [4.78, 5) is 28.9. The van der Waals surface area contributed by atoms with Gasteiger partial charge in [0.15, 0.2) is 0 Å². The summed E-state index contributed by atoms with van der Waals surface area (Å²) in [7, 11) is -4.21. The third-order valence-corrected chi connectivity index (χ3v) is 9.23. The molecule has 3 aromatic rings. The summed E-state index contributed by atoms with van der Waals surface area (Å²) < 4.78 is 28.8. The van der Waals surface area contributed by atoms with Crippen molar-refractivity contribution in [3.8, 4) is 0 Å². The van der Waals surface area contributed by atoms with Crippen molar-refractivity contribution < 1.29 is 18.0 Å². The van der Waals surface area contributed by atoms with Crippen molar-refractivity contribution in [3.05, 3.63) is 92.9 Å². The fourth-order valence-corrected chi connectivity index (χ4v) is 6.33. The van der Waals surface area contributed by atoms with Gasteiger partial charge in [0.2, 0.25) is 11.8 Å².